The van der Waals surface area contributed by atoms with Gasteiger partial charge in [0.25, 0.3) is 0 Å². The third-order valence-electron chi connectivity index (χ3n) is 2.51. The van der Waals surface area contributed by atoms with Gasteiger partial charge in [-0.1, -0.05) is 6.07 Å². The van der Waals surface area contributed by atoms with Gasteiger partial charge in [-0.25, -0.2) is 4.79 Å². The van der Waals surface area contributed by atoms with Crippen LogP contribution in [0.25, 0.3) is 0 Å². The number of esters is 1. The maximum absolute atomic E-state index is 11.8. The van der Waals surface area contributed by atoms with E-state index in [4.69, 9.17) is 21.6 Å². The maximum Gasteiger partial charge on any atom is 0.338 e. The Bertz CT molecular complexity index is 520. The van der Waals surface area contributed by atoms with E-state index in [1.165, 1.54) is 12.1 Å². The van der Waals surface area contributed by atoms with Crippen molar-refractivity contribution in [2.75, 3.05) is 12.5 Å². The molecule has 5 heteroatoms. The molecule has 0 N–H and O–H groups in total. The van der Waals surface area contributed by atoms with Crippen molar-refractivity contribution in [1.29, 1.82) is 5.26 Å². The molecule has 0 heterocycles. The molecule has 1 aromatic rings. The lowest BCUT2D eigenvalue weighted by Gasteiger charge is -2.08. The summed E-state index contributed by atoms with van der Waals surface area (Å²) in [5, 5.41) is 8.79. The summed E-state index contributed by atoms with van der Waals surface area (Å²) >= 11 is 5.54. The number of nitrogens with zero attached hydrogens (tertiary/aromatic N) is 1. The van der Waals surface area contributed by atoms with E-state index in [0.717, 1.165) is 0 Å². The van der Waals surface area contributed by atoms with Gasteiger partial charge in [-0.15, -0.1) is 11.6 Å². The van der Waals surface area contributed by atoms with Gasteiger partial charge in [-0.05, 0) is 24.6 Å². The fraction of sp³-hybridized carbons (Fsp3) is 0.357. The molecule has 0 radical (unpaired) electrons. The molecule has 0 saturated carbocycles. The lowest BCUT2D eigenvalue weighted by atomic mass is 9.97. The van der Waals surface area contributed by atoms with Crippen LogP contribution in [0.1, 0.15) is 39.6 Å². The van der Waals surface area contributed by atoms with Gasteiger partial charge >= 0.3 is 5.97 Å². The first-order chi connectivity index (χ1) is 9.13. The number of rotatable bonds is 6. The van der Waals surface area contributed by atoms with Crippen molar-refractivity contribution < 1.29 is 14.3 Å². The Morgan fingerprint density at radius 1 is 1.42 bits per heavy atom. The molecule has 4 nitrogen and oxygen atoms in total. The number of ketones is 1. The highest BCUT2D eigenvalue weighted by Gasteiger charge is 2.14. The number of hydrogen-bond donors (Lipinski definition) is 0. The summed E-state index contributed by atoms with van der Waals surface area (Å²) in [5.74, 6) is -0.363. The summed E-state index contributed by atoms with van der Waals surface area (Å²) in [7, 11) is 0. The van der Waals surface area contributed by atoms with Gasteiger partial charge in [0.2, 0.25) is 0 Å². The monoisotopic (exact) mass is 279 g/mol. The van der Waals surface area contributed by atoms with Crippen molar-refractivity contribution in [2.45, 2.75) is 19.8 Å². The highest BCUT2D eigenvalue weighted by Crippen LogP contribution is 2.16. The van der Waals surface area contributed by atoms with Gasteiger partial charge in [0.15, 0.2) is 5.78 Å². The number of ether oxygens (including phenoxy) is 1. The lowest BCUT2D eigenvalue weighted by molar-refractivity contribution is 0.0526. The topological polar surface area (TPSA) is 67.2 Å². The van der Waals surface area contributed by atoms with E-state index in [9.17, 15) is 9.59 Å². The van der Waals surface area contributed by atoms with Crippen LogP contribution in [0.2, 0.25) is 0 Å². The largest absolute Gasteiger partial charge is 0.462 e. The molecule has 0 aliphatic heterocycles. The number of carbonyl (C=O) groups excluding carboxylic acids is 2. The van der Waals surface area contributed by atoms with E-state index >= 15 is 0 Å². The average Bonchev–Trinajstić information content (AvgIpc) is 2.39. The highest BCUT2D eigenvalue weighted by atomic mass is 35.5. The molecule has 19 heavy (non-hydrogen) atoms. The average molecular weight is 280 g/mol. The molecule has 0 bridgehead atoms. The molecule has 0 aliphatic carbocycles. The van der Waals surface area contributed by atoms with Crippen LogP contribution in [0.4, 0.5) is 0 Å². The minimum atomic E-state index is -0.460. The summed E-state index contributed by atoms with van der Waals surface area (Å²) in [6.07, 6.45) is 0.273. The van der Waals surface area contributed by atoms with Crippen LogP contribution < -0.4 is 0 Å². The number of benzene rings is 1. The normalized spacial score (nSPS) is 9.74. The maximum atomic E-state index is 11.8. The minimum absolute atomic E-state index is 0.0661. The van der Waals surface area contributed by atoms with Gasteiger partial charge in [0.1, 0.15) is 0 Å². The molecule has 0 aliphatic rings. The predicted molar refractivity (Wildman–Crippen MR) is 71.4 cm³/mol. The van der Waals surface area contributed by atoms with Crippen molar-refractivity contribution >= 4 is 23.4 Å². The van der Waals surface area contributed by atoms with Gasteiger partial charge in [-0.3, -0.25) is 4.79 Å². The summed E-state index contributed by atoms with van der Waals surface area (Å²) in [6, 6.07) is 6.59. The van der Waals surface area contributed by atoms with E-state index in [2.05, 4.69) is 0 Å². The minimum Gasteiger partial charge on any atom is -0.462 e. The van der Waals surface area contributed by atoms with Crippen LogP contribution in [0.3, 0.4) is 0 Å². The molecular formula is C14H14ClNO3. The molecular weight excluding hydrogens is 266 g/mol. The number of alkyl halides is 1. The molecule has 1 aromatic carbocycles. The number of carbonyl (C=O) groups is 2. The van der Waals surface area contributed by atoms with Crippen molar-refractivity contribution in [1.82, 2.24) is 0 Å². The van der Waals surface area contributed by atoms with E-state index < -0.39 is 5.97 Å². The van der Waals surface area contributed by atoms with Crippen molar-refractivity contribution in [2.24, 2.45) is 0 Å². The van der Waals surface area contributed by atoms with Gasteiger partial charge < -0.3 is 4.74 Å². The van der Waals surface area contributed by atoms with Crippen LogP contribution in [0, 0.1) is 11.3 Å². The summed E-state index contributed by atoms with van der Waals surface area (Å²) in [6.45, 7) is 1.99. The molecule has 0 atom stereocenters. The van der Waals surface area contributed by atoms with Crippen LogP contribution in [-0.2, 0) is 11.2 Å². The predicted octanol–water partition coefficient (Wildman–Crippen LogP) is 2.74. The summed E-state index contributed by atoms with van der Waals surface area (Å²) in [5.41, 5.74) is 1.31. The number of hydrogen-bond acceptors (Lipinski definition) is 4. The third kappa shape index (κ3) is 4.08. The second-order valence-electron chi connectivity index (χ2n) is 3.79. The van der Waals surface area contributed by atoms with E-state index in [0.29, 0.717) is 16.7 Å². The Morgan fingerprint density at radius 2 is 2.16 bits per heavy atom. The molecule has 100 valence electrons. The zero-order chi connectivity index (χ0) is 14.3. The van der Waals surface area contributed by atoms with Crippen LogP contribution in [0.5, 0.6) is 0 Å². The first-order valence-corrected chi connectivity index (χ1v) is 6.43. The van der Waals surface area contributed by atoms with Crippen molar-refractivity contribution in [3.63, 3.8) is 0 Å². The molecule has 0 spiro atoms. The number of Topliss-reactive ketones (excluding diaryl/α,β-unsaturated/α-hetero) is 1. The Morgan fingerprint density at radius 3 is 2.74 bits per heavy atom. The second kappa shape index (κ2) is 7.55. The first kappa shape index (κ1) is 15.2. The Labute approximate surface area is 116 Å². The molecule has 0 unspecified atom stereocenters. The second-order valence-corrected chi connectivity index (χ2v) is 4.17. The SMILES string of the molecule is CCOC(=O)c1ccc(C(=O)CCCl)c(CC#N)c1. The first-order valence-electron chi connectivity index (χ1n) is 5.90. The molecule has 1 rings (SSSR count). The summed E-state index contributed by atoms with van der Waals surface area (Å²) < 4.78 is 4.88. The van der Waals surface area contributed by atoms with Crippen molar-refractivity contribution in [3.05, 3.63) is 34.9 Å². The van der Waals surface area contributed by atoms with Gasteiger partial charge in [0.05, 0.1) is 24.7 Å². The van der Waals surface area contributed by atoms with Gasteiger partial charge in [-0.2, -0.15) is 5.26 Å². The summed E-state index contributed by atoms with van der Waals surface area (Å²) in [4.78, 5) is 23.4. The number of halogens is 1. The molecule has 0 fully saturated rings. The Hall–Kier alpha value is -1.86. The van der Waals surface area contributed by atoms with Gasteiger partial charge in [0, 0.05) is 17.9 Å². The zero-order valence-corrected chi connectivity index (χ0v) is 11.4. The fourth-order valence-electron chi connectivity index (χ4n) is 1.66. The third-order valence-corrected chi connectivity index (χ3v) is 2.70. The molecule has 0 amide bonds. The fourth-order valence-corrected chi connectivity index (χ4v) is 1.83. The van der Waals surface area contributed by atoms with Crippen LogP contribution >= 0.6 is 11.6 Å². The molecule has 0 saturated heterocycles. The van der Waals surface area contributed by atoms with Crippen molar-refractivity contribution in [3.8, 4) is 6.07 Å². The number of nitriles is 1. The Kier molecular flexibility index (Phi) is 6.04. The van der Waals surface area contributed by atoms with Crippen LogP contribution in [0.15, 0.2) is 18.2 Å². The lowest BCUT2D eigenvalue weighted by Crippen LogP contribution is -2.09. The quantitative estimate of drug-likeness (QED) is 0.456. The smallest absolute Gasteiger partial charge is 0.338 e. The standard InChI is InChI=1S/C14H14ClNO3/c1-2-19-14(18)11-3-4-12(13(17)5-7-15)10(9-11)6-8-16/h3-4,9H,2,5-7H2,1H3. The molecule has 0 aromatic heterocycles. The van der Waals surface area contributed by atoms with Crippen LogP contribution in [-0.4, -0.2) is 24.2 Å². The zero-order valence-electron chi connectivity index (χ0n) is 10.6. The highest BCUT2D eigenvalue weighted by molar-refractivity contribution is 6.19. The van der Waals surface area contributed by atoms with E-state index in [-0.39, 0.29) is 31.1 Å². The van der Waals surface area contributed by atoms with E-state index in [1.807, 2.05) is 6.07 Å². The van der Waals surface area contributed by atoms with E-state index in [1.54, 1.807) is 13.0 Å². The Balaban J connectivity index is 3.11.